The van der Waals surface area contributed by atoms with E-state index < -0.39 is 17.7 Å². The first-order chi connectivity index (χ1) is 16.5. The molecule has 198 valence electrons. The van der Waals surface area contributed by atoms with Gasteiger partial charge in [0.1, 0.15) is 18.2 Å². The number of alkyl carbamates (subject to hydrolysis) is 1. The van der Waals surface area contributed by atoms with Gasteiger partial charge in [0.25, 0.3) is 0 Å². The molecule has 0 saturated carbocycles. The Morgan fingerprint density at radius 2 is 1.60 bits per heavy atom. The van der Waals surface area contributed by atoms with Crippen molar-refractivity contribution >= 4 is 17.9 Å². The number of benzene rings is 1. The summed E-state index contributed by atoms with van der Waals surface area (Å²) >= 11 is 0. The molecular formula is C28H47N3O4. The van der Waals surface area contributed by atoms with E-state index in [2.05, 4.69) is 24.5 Å². The van der Waals surface area contributed by atoms with E-state index in [4.69, 9.17) is 4.74 Å². The third-order valence-electron chi connectivity index (χ3n) is 5.67. The monoisotopic (exact) mass is 489 g/mol. The van der Waals surface area contributed by atoms with Crippen LogP contribution in [-0.4, -0.2) is 47.5 Å². The maximum atomic E-state index is 13.5. The second-order valence-electron chi connectivity index (χ2n) is 10.4. The van der Waals surface area contributed by atoms with Crippen LogP contribution in [0, 0.1) is 6.92 Å². The second kappa shape index (κ2) is 15.4. The van der Waals surface area contributed by atoms with Gasteiger partial charge in [0.2, 0.25) is 11.8 Å². The maximum absolute atomic E-state index is 13.5. The van der Waals surface area contributed by atoms with Gasteiger partial charge in [0.15, 0.2) is 0 Å². The summed E-state index contributed by atoms with van der Waals surface area (Å²) in [6.07, 6.45) is 6.29. The van der Waals surface area contributed by atoms with Crippen molar-refractivity contribution in [3.8, 4) is 0 Å². The highest BCUT2D eigenvalue weighted by molar-refractivity contribution is 5.90. The maximum Gasteiger partial charge on any atom is 0.408 e. The van der Waals surface area contributed by atoms with Gasteiger partial charge in [-0.3, -0.25) is 9.59 Å². The molecule has 7 heteroatoms. The molecule has 1 aromatic carbocycles. The van der Waals surface area contributed by atoms with Crippen LogP contribution in [0.1, 0.15) is 104 Å². The summed E-state index contributed by atoms with van der Waals surface area (Å²) in [5.74, 6) is -0.510. The van der Waals surface area contributed by atoms with Crippen LogP contribution in [0.25, 0.3) is 0 Å². The van der Waals surface area contributed by atoms with Gasteiger partial charge in [-0.05, 0) is 53.0 Å². The number of amides is 3. The minimum absolute atomic E-state index is 0.00171. The molecule has 0 aliphatic heterocycles. The van der Waals surface area contributed by atoms with Crippen LogP contribution in [0.5, 0.6) is 0 Å². The molecule has 0 saturated heterocycles. The van der Waals surface area contributed by atoms with E-state index in [1.807, 2.05) is 38.1 Å². The Kier molecular flexibility index (Phi) is 13.4. The van der Waals surface area contributed by atoms with Crippen molar-refractivity contribution in [2.24, 2.45) is 0 Å². The molecule has 0 fully saturated rings. The van der Waals surface area contributed by atoms with E-state index in [0.29, 0.717) is 6.54 Å². The molecule has 7 nitrogen and oxygen atoms in total. The Hall–Kier alpha value is -2.57. The van der Waals surface area contributed by atoms with E-state index in [0.717, 1.165) is 56.1 Å². The number of aryl methyl sites for hydroxylation is 1. The number of nitrogens with zero attached hydrogens (tertiary/aromatic N) is 1. The zero-order chi connectivity index (χ0) is 26.4. The topological polar surface area (TPSA) is 87.7 Å². The number of ether oxygens (including phenoxy) is 1. The lowest BCUT2D eigenvalue weighted by Crippen LogP contribution is -2.49. The lowest BCUT2D eigenvalue weighted by molar-refractivity contribution is -0.140. The third-order valence-corrected chi connectivity index (χ3v) is 5.67. The van der Waals surface area contributed by atoms with E-state index in [1.165, 1.54) is 0 Å². The van der Waals surface area contributed by atoms with Crippen molar-refractivity contribution in [3.05, 3.63) is 35.4 Å². The highest BCUT2D eigenvalue weighted by atomic mass is 16.6. The van der Waals surface area contributed by atoms with Gasteiger partial charge >= 0.3 is 6.09 Å². The molecule has 0 radical (unpaired) electrons. The van der Waals surface area contributed by atoms with Crippen molar-refractivity contribution in [1.82, 2.24) is 15.5 Å². The van der Waals surface area contributed by atoms with Gasteiger partial charge in [-0.25, -0.2) is 4.79 Å². The van der Waals surface area contributed by atoms with E-state index in [1.54, 1.807) is 25.7 Å². The quantitative estimate of drug-likeness (QED) is 0.330. The zero-order valence-electron chi connectivity index (χ0n) is 22.9. The highest BCUT2D eigenvalue weighted by Crippen LogP contribution is 2.24. The summed E-state index contributed by atoms with van der Waals surface area (Å²) < 4.78 is 5.28. The van der Waals surface area contributed by atoms with Crippen LogP contribution in [-0.2, 0) is 14.3 Å². The molecule has 3 amide bonds. The molecule has 0 spiro atoms. The number of nitrogens with one attached hydrogen (secondary N) is 2. The van der Waals surface area contributed by atoms with Gasteiger partial charge in [-0.1, -0.05) is 75.8 Å². The van der Waals surface area contributed by atoms with Crippen molar-refractivity contribution in [2.75, 3.05) is 13.1 Å². The van der Waals surface area contributed by atoms with Crippen molar-refractivity contribution in [3.63, 3.8) is 0 Å². The SMILES string of the molecule is CCCCCCCN(C(=O)CNC(=O)OC(C)(C)C)C(C(=O)NC(C)CCC)c1ccc(C)cc1. The summed E-state index contributed by atoms with van der Waals surface area (Å²) in [6.45, 7) is 13.7. The number of rotatable bonds is 14. The fraction of sp³-hybridized carbons (Fsp3) is 0.679. The normalized spacial score (nSPS) is 13.0. The van der Waals surface area contributed by atoms with E-state index in [-0.39, 0.29) is 24.4 Å². The standard InChI is InChI=1S/C28H47N3O4/c1-8-10-11-12-13-19-31(24(32)20-29-27(34)35-28(5,6)7)25(23-17-15-21(3)16-18-23)26(33)30-22(4)14-9-2/h15-18,22,25H,8-14,19-20H2,1-7H3,(H,29,34)(H,30,33). The first-order valence-corrected chi connectivity index (χ1v) is 13.1. The molecule has 1 aromatic rings. The number of hydrogen-bond acceptors (Lipinski definition) is 4. The minimum Gasteiger partial charge on any atom is -0.444 e. The van der Waals surface area contributed by atoms with E-state index >= 15 is 0 Å². The van der Waals surface area contributed by atoms with Crippen LogP contribution < -0.4 is 10.6 Å². The van der Waals surface area contributed by atoms with Crippen molar-refractivity contribution < 1.29 is 19.1 Å². The molecule has 0 aromatic heterocycles. The van der Waals surface area contributed by atoms with Crippen LogP contribution in [0.3, 0.4) is 0 Å². The molecule has 0 bridgehead atoms. The van der Waals surface area contributed by atoms with Crippen molar-refractivity contribution in [1.29, 1.82) is 0 Å². The molecule has 0 heterocycles. The van der Waals surface area contributed by atoms with Crippen molar-refractivity contribution in [2.45, 2.75) is 111 Å². The van der Waals surface area contributed by atoms with Crippen LogP contribution in [0.2, 0.25) is 0 Å². The Morgan fingerprint density at radius 3 is 2.17 bits per heavy atom. The van der Waals surface area contributed by atoms with Crippen LogP contribution in [0.4, 0.5) is 4.79 Å². The smallest absolute Gasteiger partial charge is 0.408 e. The molecule has 0 aliphatic carbocycles. The molecule has 2 unspecified atom stereocenters. The largest absolute Gasteiger partial charge is 0.444 e. The first-order valence-electron chi connectivity index (χ1n) is 13.1. The Bertz CT molecular complexity index is 786. The molecule has 35 heavy (non-hydrogen) atoms. The zero-order valence-corrected chi connectivity index (χ0v) is 22.9. The van der Waals surface area contributed by atoms with Gasteiger partial charge in [-0.15, -0.1) is 0 Å². The Balaban J connectivity index is 3.17. The van der Waals surface area contributed by atoms with Crippen LogP contribution in [0.15, 0.2) is 24.3 Å². The summed E-state index contributed by atoms with van der Waals surface area (Å²) in [4.78, 5) is 40.7. The molecular weight excluding hydrogens is 442 g/mol. The van der Waals surface area contributed by atoms with Gasteiger partial charge in [0, 0.05) is 12.6 Å². The Morgan fingerprint density at radius 1 is 0.971 bits per heavy atom. The van der Waals surface area contributed by atoms with Gasteiger partial charge < -0.3 is 20.3 Å². The lowest BCUT2D eigenvalue weighted by atomic mass is 10.0. The molecule has 2 N–H and O–H groups in total. The number of carbonyl (C=O) groups is 3. The predicted octanol–water partition coefficient (Wildman–Crippen LogP) is 5.66. The van der Waals surface area contributed by atoms with Gasteiger partial charge in [-0.2, -0.15) is 0 Å². The second-order valence-corrected chi connectivity index (χ2v) is 10.4. The van der Waals surface area contributed by atoms with Crippen LogP contribution >= 0.6 is 0 Å². The first kappa shape index (κ1) is 30.5. The fourth-order valence-electron chi connectivity index (χ4n) is 3.90. The average Bonchev–Trinajstić information content (AvgIpc) is 2.76. The molecule has 2 atom stereocenters. The number of carbonyl (C=O) groups excluding carboxylic acids is 3. The number of hydrogen-bond donors (Lipinski definition) is 2. The minimum atomic E-state index is -0.769. The number of unbranched alkanes of at least 4 members (excludes halogenated alkanes) is 4. The Labute approximate surface area is 212 Å². The molecule has 1 rings (SSSR count). The summed E-state index contributed by atoms with van der Waals surface area (Å²) in [6, 6.07) is 6.95. The van der Waals surface area contributed by atoms with E-state index in [9.17, 15) is 14.4 Å². The van der Waals surface area contributed by atoms with Gasteiger partial charge in [0.05, 0.1) is 0 Å². The predicted molar refractivity (Wildman–Crippen MR) is 141 cm³/mol. The summed E-state index contributed by atoms with van der Waals surface area (Å²) in [5.41, 5.74) is 1.18. The fourth-order valence-corrected chi connectivity index (χ4v) is 3.90. The summed E-state index contributed by atoms with van der Waals surface area (Å²) in [7, 11) is 0. The third kappa shape index (κ3) is 12.1. The highest BCUT2D eigenvalue weighted by Gasteiger charge is 2.32. The summed E-state index contributed by atoms with van der Waals surface area (Å²) in [5, 5.41) is 5.65. The molecule has 0 aliphatic rings. The average molecular weight is 490 g/mol. The lowest BCUT2D eigenvalue weighted by Gasteiger charge is -2.32.